The van der Waals surface area contributed by atoms with Gasteiger partial charge in [-0.25, -0.2) is 18.3 Å². The first-order chi connectivity index (χ1) is 20.2. The molecule has 3 aromatic rings. The number of rotatable bonds is 10. The van der Waals surface area contributed by atoms with Crippen molar-refractivity contribution in [2.24, 2.45) is 11.8 Å². The number of aromatic nitrogens is 5. The summed E-state index contributed by atoms with van der Waals surface area (Å²) in [4.78, 5) is 30.4. The maximum absolute atomic E-state index is 14.0. The van der Waals surface area contributed by atoms with Crippen molar-refractivity contribution in [3.63, 3.8) is 0 Å². The number of aliphatic hydroxyl groups is 1. The number of nitrogens with one attached hydrogen (secondary N) is 2. The molecule has 43 heavy (non-hydrogen) atoms. The lowest BCUT2D eigenvalue weighted by Crippen LogP contribution is -2.38. The molecule has 3 heterocycles. The Hall–Kier alpha value is -3.62. The second kappa shape index (κ2) is 11.8. The fraction of sp³-hybridized carbons (Fsp3) is 0.607. The van der Waals surface area contributed by atoms with Gasteiger partial charge in [0.15, 0.2) is 11.8 Å². The summed E-state index contributed by atoms with van der Waals surface area (Å²) in [6.07, 6.45) is -2.95. The van der Waals surface area contributed by atoms with E-state index in [0.717, 1.165) is 12.8 Å². The Morgan fingerprint density at radius 2 is 1.74 bits per heavy atom. The molecule has 0 aliphatic heterocycles. The summed E-state index contributed by atoms with van der Waals surface area (Å²) in [5.41, 5.74) is 1.63. The molecule has 5 rings (SSSR count). The Bertz CT molecular complexity index is 1460. The van der Waals surface area contributed by atoms with E-state index in [1.807, 2.05) is 13.8 Å². The van der Waals surface area contributed by atoms with Gasteiger partial charge in [0.2, 0.25) is 11.8 Å². The van der Waals surface area contributed by atoms with Crippen LogP contribution in [0.4, 0.5) is 22.0 Å². The van der Waals surface area contributed by atoms with Crippen molar-refractivity contribution in [1.82, 2.24) is 35.0 Å². The summed E-state index contributed by atoms with van der Waals surface area (Å²) in [6, 6.07) is 1.82. The molecule has 2 fully saturated rings. The third kappa shape index (κ3) is 7.13. The second-order valence-electron chi connectivity index (χ2n) is 11.8. The monoisotopic (exact) mass is 611 g/mol. The first-order valence-electron chi connectivity index (χ1n) is 14.3. The molecule has 2 aliphatic carbocycles. The first kappa shape index (κ1) is 30.8. The summed E-state index contributed by atoms with van der Waals surface area (Å²) >= 11 is 0. The Morgan fingerprint density at radius 1 is 1.07 bits per heavy atom. The molecule has 0 bridgehead atoms. The standard InChI is InChI=1S/C28H34F5N7O3/c1-15(2)40-20(7-10-34-40)26(43)38-25(17-5-8-27(29,30)9-6-17)19-14-39-22(36-19)11-18(13-35-39)24(16-3-4-16)37-23(42)12-21(41)28(31,32)33/h7,10-11,13-17,21,24-25,41H,3-6,8-9,12H2,1-2H3,(H,37,42)(H,38,43)/t21-,24-,25+/m1/s1. The van der Waals surface area contributed by atoms with Crippen molar-refractivity contribution in [3.8, 4) is 0 Å². The van der Waals surface area contributed by atoms with Crippen molar-refractivity contribution in [3.05, 3.63) is 47.7 Å². The van der Waals surface area contributed by atoms with Gasteiger partial charge in [-0.05, 0) is 69.1 Å². The number of aliphatic hydroxyl groups excluding tert-OH is 1. The van der Waals surface area contributed by atoms with E-state index in [4.69, 9.17) is 0 Å². The Labute approximate surface area is 244 Å². The maximum Gasteiger partial charge on any atom is 0.414 e. The lowest BCUT2D eigenvalue weighted by molar-refractivity contribution is -0.206. The summed E-state index contributed by atoms with van der Waals surface area (Å²) < 4.78 is 69.3. The summed E-state index contributed by atoms with van der Waals surface area (Å²) in [5.74, 6) is -4.45. The molecule has 3 N–H and O–H groups in total. The van der Waals surface area contributed by atoms with Crippen molar-refractivity contribution in [2.45, 2.75) is 95.1 Å². The predicted molar refractivity (Wildman–Crippen MR) is 143 cm³/mol. The van der Waals surface area contributed by atoms with Crippen LogP contribution in [0.5, 0.6) is 0 Å². The minimum atomic E-state index is -4.91. The van der Waals surface area contributed by atoms with Gasteiger partial charge in [0, 0.05) is 25.1 Å². The molecule has 2 amide bonds. The van der Waals surface area contributed by atoms with Crippen molar-refractivity contribution in [2.75, 3.05) is 0 Å². The van der Waals surface area contributed by atoms with Gasteiger partial charge in [0.25, 0.3) is 5.91 Å². The molecule has 3 atom stereocenters. The van der Waals surface area contributed by atoms with Gasteiger partial charge in [-0.3, -0.25) is 14.3 Å². The lowest BCUT2D eigenvalue weighted by atomic mass is 9.81. The molecule has 15 heteroatoms. The number of alkyl halides is 5. The highest BCUT2D eigenvalue weighted by Gasteiger charge is 2.42. The summed E-state index contributed by atoms with van der Waals surface area (Å²) in [7, 11) is 0. The van der Waals surface area contributed by atoms with E-state index in [1.165, 1.54) is 16.9 Å². The van der Waals surface area contributed by atoms with Crippen molar-refractivity contribution >= 4 is 17.5 Å². The smallest absolute Gasteiger partial charge is 0.383 e. The van der Waals surface area contributed by atoms with Crippen LogP contribution in [-0.4, -0.2) is 59.5 Å². The van der Waals surface area contributed by atoms with Gasteiger partial charge < -0.3 is 15.7 Å². The average Bonchev–Trinajstić information content (AvgIpc) is 3.47. The zero-order chi connectivity index (χ0) is 31.1. The van der Waals surface area contributed by atoms with Crippen LogP contribution in [0.2, 0.25) is 0 Å². The first-order valence-corrected chi connectivity index (χ1v) is 14.3. The molecule has 2 saturated carbocycles. The fourth-order valence-corrected chi connectivity index (χ4v) is 5.61. The molecular formula is C28H34F5N7O3. The number of hydrogen-bond donors (Lipinski definition) is 3. The Morgan fingerprint density at radius 3 is 2.37 bits per heavy atom. The SMILES string of the molecule is CC(C)n1nccc1C(=O)N[C@H](c1cn2ncc([C@H](NC(=O)C[C@@H](O)C(F)(F)F)C3CC3)cc2n1)C1CCC(F)(F)CC1. The number of carbonyl (C=O) groups excluding carboxylic acids is 2. The van der Waals surface area contributed by atoms with E-state index in [1.54, 1.807) is 23.0 Å². The van der Waals surface area contributed by atoms with E-state index in [0.29, 0.717) is 22.6 Å². The lowest BCUT2D eigenvalue weighted by Gasteiger charge is -2.33. The summed E-state index contributed by atoms with van der Waals surface area (Å²) in [5, 5.41) is 23.5. The number of hydrogen-bond acceptors (Lipinski definition) is 6. The van der Waals surface area contributed by atoms with E-state index < -0.39 is 48.5 Å². The quantitative estimate of drug-likeness (QED) is 0.286. The molecule has 10 nitrogen and oxygen atoms in total. The van der Waals surface area contributed by atoms with Gasteiger partial charge in [-0.15, -0.1) is 0 Å². The number of carbonyl (C=O) groups is 2. The number of amides is 2. The molecule has 234 valence electrons. The van der Waals surface area contributed by atoms with Gasteiger partial charge in [0.05, 0.1) is 36.6 Å². The predicted octanol–water partition coefficient (Wildman–Crippen LogP) is 4.68. The zero-order valence-corrected chi connectivity index (χ0v) is 23.7. The van der Waals surface area contributed by atoms with Crippen LogP contribution in [0.3, 0.4) is 0 Å². The topological polar surface area (TPSA) is 126 Å². The third-order valence-electron chi connectivity index (χ3n) is 8.12. The Kier molecular flexibility index (Phi) is 8.47. The van der Waals surface area contributed by atoms with Crippen LogP contribution >= 0.6 is 0 Å². The maximum atomic E-state index is 14.0. The Balaban J connectivity index is 1.41. The van der Waals surface area contributed by atoms with E-state index in [9.17, 15) is 36.6 Å². The molecule has 0 saturated heterocycles. The second-order valence-corrected chi connectivity index (χ2v) is 11.8. The van der Waals surface area contributed by atoms with E-state index in [2.05, 4.69) is 25.8 Å². The van der Waals surface area contributed by atoms with Gasteiger partial charge in [-0.1, -0.05) is 0 Å². The van der Waals surface area contributed by atoms with Gasteiger partial charge in [0.1, 0.15) is 5.69 Å². The molecule has 0 aromatic carbocycles. The van der Waals surface area contributed by atoms with Crippen LogP contribution in [0.25, 0.3) is 5.65 Å². The van der Waals surface area contributed by atoms with Crippen molar-refractivity contribution < 1.29 is 36.6 Å². The molecular weight excluding hydrogens is 577 g/mol. The fourth-order valence-electron chi connectivity index (χ4n) is 5.61. The number of imidazole rings is 1. The van der Waals surface area contributed by atoms with Crippen LogP contribution < -0.4 is 10.6 Å². The highest BCUT2D eigenvalue weighted by atomic mass is 19.4. The third-order valence-corrected chi connectivity index (χ3v) is 8.12. The number of fused-ring (bicyclic) bond motifs is 1. The van der Waals surface area contributed by atoms with Crippen molar-refractivity contribution in [1.29, 1.82) is 0 Å². The number of halogens is 5. The van der Waals surface area contributed by atoms with Crippen LogP contribution in [-0.2, 0) is 4.79 Å². The average molecular weight is 612 g/mol. The van der Waals surface area contributed by atoms with Gasteiger partial charge >= 0.3 is 6.18 Å². The molecule has 0 radical (unpaired) electrons. The minimum absolute atomic E-state index is 0.00702. The van der Waals surface area contributed by atoms with Crippen LogP contribution in [0.15, 0.2) is 30.7 Å². The normalized spacial score (nSPS) is 19.7. The summed E-state index contributed by atoms with van der Waals surface area (Å²) in [6.45, 7) is 3.76. The largest absolute Gasteiger partial charge is 0.414 e. The zero-order valence-electron chi connectivity index (χ0n) is 23.7. The highest BCUT2D eigenvalue weighted by Crippen LogP contribution is 2.43. The van der Waals surface area contributed by atoms with Crippen LogP contribution in [0.1, 0.15) is 98.7 Å². The molecule has 3 aromatic heterocycles. The molecule has 2 aliphatic rings. The van der Waals surface area contributed by atoms with Crippen LogP contribution in [0, 0.1) is 11.8 Å². The van der Waals surface area contributed by atoms with Gasteiger partial charge in [-0.2, -0.15) is 23.4 Å². The molecule has 0 spiro atoms. The molecule has 0 unspecified atom stereocenters. The minimum Gasteiger partial charge on any atom is -0.383 e. The van der Waals surface area contributed by atoms with E-state index in [-0.39, 0.29) is 43.6 Å². The number of nitrogens with zero attached hydrogens (tertiary/aromatic N) is 5. The highest BCUT2D eigenvalue weighted by molar-refractivity contribution is 5.92. The van der Waals surface area contributed by atoms with E-state index >= 15 is 0 Å².